The standard InChI is InChI=1S/C26H20FNOSe/c27-24-12-6-4-10-22(24)20-16-14-19(15-17-20)18-30-25-13-7-5-11-23(25)26(29)28-21-8-2-1-3-9-21/h1-17H,18H2,(H,28,29). The van der Waals surface area contributed by atoms with Gasteiger partial charge in [-0.3, -0.25) is 0 Å². The van der Waals surface area contributed by atoms with Crippen LogP contribution in [0.3, 0.4) is 0 Å². The average Bonchev–Trinajstić information content (AvgIpc) is 2.79. The van der Waals surface area contributed by atoms with Gasteiger partial charge >= 0.3 is 182 Å². The van der Waals surface area contributed by atoms with Crippen LogP contribution in [0.4, 0.5) is 10.1 Å². The zero-order valence-electron chi connectivity index (χ0n) is 16.2. The van der Waals surface area contributed by atoms with Crippen LogP contribution in [-0.2, 0) is 5.32 Å². The molecular formula is C26H20FNOSe. The molecule has 0 fully saturated rings. The molecule has 0 saturated carbocycles. The Morgan fingerprint density at radius 2 is 1.43 bits per heavy atom. The molecule has 0 bridgehead atoms. The zero-order valence-corrected chi connectivity index (χ0v) is 17.9. The van der Waals surface area contributed by atoms with Crippen LogP contribution in [0.5, 0.6) is 0 Å². The molecule has 1 N–H and O–H groups in total. The average molecular weight is 460 g/mol. The van der Waals surface area contributed by atoms with Gasteiger partial charge in [0.25, 0.3) is 0 Å². The Bertz CT molecular complexity index is 1140. The van der Waals surface area contributed by atoms with E-state index in [0.717, 1.165) is 21.0 Å². The number of rotatable bonds is 6. The van der Waals surface area contributed by atoms with Gasteiger partial charge in [0.1, 0.15) is 0 Å². The second kappa shape index (κ2) is 9.53. The summed E-state index contributed by atoms with van der Waals surface area (Å²) < 4.78 is 15.1. The zero-order chi connectivity index (χ0) is 20.8. The molecule has 0 radical (unpaired) electrons. The first kappa shape index (κ1) is 20.1. The van der Waals surface area contributed by atoms with E-state index in [1.807, 2.05) is 84.9 Å². The molecule has 0 spiro atoms. The van der Waals surface area contributed by atoms with Gasteiger partial charge in [-0.1, -0.05) is 0 Å². The van der Waals surface area contributed by atoms with E-state index in [-0.39, 0.29) is 26.7 Å². The minimum atomic E-state index is -0.215. The molecule has 0 saturated heterocycles. The molecular weight excluding hydrogens is 440 g/mol. The van der Waals surface area contributed by atoms with E-state index in [9.17, 15) is 9.18 Å². The number of carbonyl (C=O) groups is 1. The Kier molecular flexibility index (Phi) is 6.38. The number of hydrogen-bond donors (Lipinski definition) is 1. The molecule has 0 aliphatic rings. The van der Waals surface area contributed by atoms with Crippen molar-refractivity contribution in [2.45, 2.75) is 5.32 Å². The Balaban J connectivity index is 1.45. The number of carbonyl (C=O) groups excluding carboxylic acids is 1. The summed E-state index contributed by atoms with van der Waals surface area (Å²) in [7, 11) is 0. The number of nitrogens with one attached hydrogen (secondary N) is 1. The predicted octanol–water partition coefficient (Wildman–Crippen LogP) is 5.27. The first-order chi connectivity index (χ1) is 14.7. The van der Waals surface area contributed by atoms with Crippen molar-refractivity contribution in [3.05, 3.63) is 120 Å². The van der Waals surface area contributed by atoms with Crippen LogP contribution < -0.4 is 9.78 Å². The van der Waals surface area contributed by atoms with Crippen LogP contribution in [0.2, 0.25) is 0 Å². The van der Waals surface area contributed by atoms with E-state index < -0.39 is 0 Å². The molecule has 2 nitrogen and oxygen atoms in total. The third-order valence-electron chi connectivity index (χ3n) is 4.70. The second-order valence-electron chi connectivity index (χ2n) is 6.78. The van der Waals surface area contributed by atoms with E-state index in [1.165, 1.54) is 11.6 Å². The fourth-order valence-electron chi connectivity index (χ4n) is 3.14. The van der Waals surface area contributed by atoms with Crippen molar-refractivity contribution in [3.8, 4) is 11.1 Å². The first-order valence-electron chi connectivity index (χ1n) is 9.63. The van der Waals surface area contributed by atoms with Crippen molar-refractivity contribution in [1.29, 1.82) is 0 Å². The third-order valence-corrected chi connectivity index (χ3v) is 7.10. The summed E-state index contributed by atoms with van der Waals surface area (Å²) in [5.41, 5.74) is 4.15. The van der Waals surface area contributed by atoms with Crippen molar-refractivity contribution in [3.63, 3.8) is 0 Å². The van der Waals surface area contributed by atoms with Gasteiger partial charge in [-0.15, -0.1) is 0 Å². The SMILES string of the molecule is O=C(Nc1ccccc1)c1ccccc1[Se]Cc1ccc(-c2ccccc2F)cc1. The van der Waals surface area contributed by atoms with Gasteiger partial charge in [-0.25, -0.2) is 0 Å². The van der Waals surface area contributed by atoms with Crippen molar-refractivity contribution in [1.82, 2.24) is 0 Å². The Morgan fingerprint density at radius 3 is 2.20 bits per heavy atom. The van der Waals surface area contributed by atoms with Gasteiger partial charge in [-0.2, -0.15) is 0 Å². The normalized spacial score (nSPS) is 10.6. The summed E-state index contributed by atoms with van der Waals surface area (Å²) in [6, 6.07) is 32.0. The molecule has 0 unspecified atom stereocenters. The molecule has 4 rings (SSSR count). The third kappa shape index (κ3) is 4.85. The van der Waals surface area contributed by atoms with Crippen LogP contribution >= 0.6 is 0 Å². The monoisotopic (exact) mass is 461 g/mol. The fourth-order valence-corrected chi connectivity index (χ4v) is 5.25. The molecule has 0 aromatic heterocycles. The molecule has 4 aromatic carbocycles. The summed E-state index contributed by atoms with van der Waals surface area (Å²) in [5.74, 6) is -0.304. The molecule has 30 heavy (non-hydrogen) atoms. The van der Waals surface area contributed by atoms with Gasteiger partial charge in [0, 0.05) is 0 Å². The maximum atomic E-state index is 14.0. The Labute approximate surface area is 181 Å². The molecule has 0 aliphatic heterocycles. The molecule has 0 aliphatic carbocycles. The molecule has 0 heterocycles. The van der Waals surface area contributed by atoms with Gasteiger partial charge in [-0.05, 0) is 0 Å². The van der Waals surface area contributed by atoms with Crippen LogP contribution in [-0.4, -0.2) is 20.9 Å². The molecule has 4 aromatic rings. The molecule has 4 heteroatoms. The van der Waals surface area contributed by atoms with E-state index >= 15 is 0 Å². The second-order valence-corrected chi connectivity index (χ2v) is 8.92. The van der Waals surface area contributed by atoms with E-state index in [1.54, 1.807) is 12.1 Å². The van der Waals surface area contributed by atoms with Crippen LogP contribution in [0.15, 0.2) is 103 Å². The fraction of sp³-hybridized carbons (Fsp3) is 0.0385. The molecule has 148 valence electrons. The van der Waals surface area contributed by atoms with Crippen LogP contribution in [0, 0.1) is 5.82 Å². The van der Waals surface area contributed by atoms with Gasteiger partial charge in [0.2, 0.25) is 0 Å². The van der Waals surface area contributed by atoms with E-state index in [2.05, 4.69) is 5.32 Å². The van der Waals surface area contributed by atoms with Crippen molar-refractivity contribution < 1.29 is 9.18 Å². The summed E-state index contributed by atoms with van der Waals surface area (Å²) in [6.07, 6.45) is 0. The van der Waals surface area contributed by atoms with E-state index in [4.69, 9.17) is 0 Å². The van der Waals surface area contributed by atoms with Gasteiger partial charge in [0.15, 0.2) is 0 Å². The summed E-state index contributed by atoms with van der Waals surface area (Å²) in [5, 5.41) is 3.82. The van der Waals surface area contributed by atoms with E-state index in [0.29, 0.717) is 11.1 Å². The van der Waals surface area contributed by atoms with Gasteiger partial charge in [0.05, 0.1) is 0 Å². The van der Waals surface area contributed by atoms with Crippen molar-refractivity contribution >= 4 is 31.0 Å². The number of amides is 1. The molecule has 1 amide bonds. The molecule has 0 atom stereocenters. The Morgan fingerprint density at radius 1 is 0.767 bits per heavy atom. The summed E-state index contributed by atoms with van der Waals surface area (Å²) in [6.45, 7) is 0. The number of benzene rings is 4. The Hall–Kier alpha value is -3.20. The number of hydrogen-bond acceptors (Lipinski definition) is 1. The number of anilines is 1. The quantitative estimate of drug-likeness (QED) is 0.390. The number of para-hydroxylation sites is 1. The van der Waals surface area contributed by atoms with Crippen molar-refractivity contribution in [2.24, 2.45) is 0 Å². The minimum absolute atomic E-state index is 0.0893. The summed E-state index contributed by atoms with van der Waals surface area (Å²) >= 11 is 0.101. The number of halogens is 1. The van der Waals surface area contributed by atoms with Crippen LogP contribution in [0.25, 0.3) is 11.1 Å². The first-order valence-corrected chi connectivity index (χ1v) is 11.7. The predicted molar refractivity (Wildman–Crippen MR) is 122 cm³/mol. The maximum absolute atomic E-state index is 14.0. The topological polar surface area (TPSA) is 29.1 Å². The van der Waals surface area contributed by atoms with Crippen LogP contribution in [0.1, 0.15) is 15.9 Å². The van der Waals surface area contributed by atoms with Gasteiger partial charge < -0.3 is 0 Å². The summed E-state index contributed by atoms with van der Waals surface area (Å²) in [4.78, 5) is 12.7. The van der Waals surface area contributed by atoms with Crippen molar-refractivity contribution in [2.75, 3.05) is 5.32 Å².